The number of carbonyl (C=O) groups excluding carboxylic acids is 3. The molecule has 0 fully saturated rings. The number of benzene rings is 4. The summed E-state index contributed by atoms with van der Waals surface area (Å²) in [7, 11) is 0. The van der Waals surface area contributed by atoms with Crippen LogP contribution in [-0.4, -0.2) is 30.1 Å². The molecule has 8 heteroatoms. The Labute approximate surface area is 236 Å². The summed E-state index contributed by atoms with van der Waals surface area (Å²) in [6, 6.07) is 28.7. The highest BCUT2D eigenvalue weighted by Crippen LogP contribution is 2.33. The van der Waals surface area contributed by atoms with Gasteiger partial charge in [-0.3, -0.25) is 14.4 Å². The number of fused-ring (bicyclic) bond motifs is 1. The quantitative estimate of drug-likeness (QED) is 0.148. The lowest BCUT2D eigenvalue weighted by Gasteiger charge is -2.12. The van der Waals surface area contributed by atoms with Crippen molar-refractivity contribution in [3.63, 3.8) is 0 Å². The number of ether oxygens (including phenoxy) is 2. The molecule has 5 rings (SSSR count). The molecule has 1 aliphatic heterocycles. The van der Waals surface area contributed by atoms with Crippen LogP contribution >= 0.6 is 11.8 Å². The molecule has 200 valence electrons. The predicted octanol–water partition coefficient (Wildman–Crippen LogP) is 6.11. The highest BCUT2D eigenvalue weighted by atomic mass is 32.2. The molecule has 0 saturated heterocycles. The number of nitrogens with one attached hydrogen (secondary N) is 2. The Hall–Kier alpha value is -4.82. The van der Waals surface area contributed by atoms with Gasteiger partial charge in [0.05, 0.1) is 5.75 Å². The smallest absolute Gasteiger partial charge is 0.272 e. The predicted molar refractivity (Wildman–Crippen MR) is 156 cm³/mol. The minimum atomic E-state index is -0.468. The van der Waals surface area contributed by atoms with E-state index in [1.165, 1.54) is 11.8 Å². The van der Waals surface area contributed by atoms with E-state index < -0.39 is 5.91 Å². The topological polar surface area (TPSA) is 93.7 Å². The van der Waals surface area contributed by atoms with Crippen LogP contribution in [0, 0.1) is 6.92 Å². The van der Waals surface area contributed by atoms with E-state index in [1.54, 1.807) is 66.7 Å². The Bertz CT molecular complexity index is 1600. The van der Waals surface area contributed by atoms with Crippen molar-refractivity contribution in [3.8, 4) is 11.5 Å². The molecular weight excluding hydrogens is 524 g/mol. The summed E-state index contributed by atoms with van der Waals surface area (Å²) in [4.78, 5) is 39.8. The molecule has 0 aromatic heterocycles. The molecule has 4 aromatic rings. The highest BCUT2D eigenvalue weighted by molar-refractivity contribution is 8.00. The highest BCUT2D eigenvalue weighted by Gasteiger charge is 2.17. The molecule has 0 aliphatic carbocycles. The van der Waals surface area contributed by atoms with Crippen LogP contribution in [0.2, 0.25) is 0 Å². The molecule has 2 N–H and O–H groups in total. The van der Waals surface area contributed by atoms with Crippen molar-refractivity contribution in [1.82, 2.24) is 5.32 Å². The molecular formula is C32H26N2O5S. The van der Waals surface area contributed by atoms with Crippen LogP contribution in [0.1, 0.15) is 31.8 Å². The summed E-state index contributed by atoms with van der Waals surface area (Å²) >= 11 is 1.36. The molecule has 0 spiro atoms. The van der Waals surface area contributed by atoms with Gasteiger partial charge in [-0.15, -0.1) is 11.8 Å². The third kappa shape index (κ3) is 6.78. The SMILES string of the molecule is Cc1cccc(/C=C(\NC(=O)c2ccccc2)C(=O)Nc2cccc(SCC(=O)c3ccc4c(c3)OCO4)c2)c1. The second-order valence-electron chi connectivity index (χ2n) is 9.05. The molecule has 40 heavy (non-hydrogen) atoms. The van der Waals surface area contributed by atoms with Crippen molar-refractivity contribution in [1.29, 1.82) is 0 Å². The van der Waals surface area contributed by atoms with E-state index in [0.29, 0.717) is 28.3 Å². The zero-order valence-electron chi connectivity index (χ0n) is 21.7. The fraction of sp³-hybridized carbons (Fsp3) is 0.0938. The van der Waals surface area contributed by atoms with Gasteiger partial charge < -0.3 is 20.1 Å². The number of Topliss-reactive ketones (excluding diaryl/α,β-unsaturated/α-hetero) is 1. The maximum absolute atomic E-state index is 13.3. The minimum absolute atomic E-state index is 0.0512. The molecule has 1 heterocycles. The van der Waals surface area contributed by atoms with Gasteiger partial charge in [-0.25, -0.2) is 0 Å². The van der Waals surface area contributed by atoms with Crippen molar-refractivity contribution in [2.24, 2.45) is 0 Å². The lowest BCUT2D eigenvalue weighted by atomic mass is 10.1. The first kappa shape index (κ1) is 26.8. The van der Waals surface area contributed by atoms with E-state index in [0.717, 1.165) is 16.0 Å². The number of hydrogen-bond donors (Lipinski definition) is 2. The average molecular weight is 551 g/mol. The van der Waals surface area contributed by atoms with Crippen molar-refractivity contribution >= 4 is 41.1 Å². The van der Waals surface area contributed by atoms with Gasteiger partial charge in [0.2, 0.25) is 6.79 Å². The lowest BCUT2D eigenvalue weighted by Crippen LogP contribution is -2.30. The summed E-state index contributed by atoms with van der Waals surface area (Å²) in [5.41, 5.74) is 3.44. The maximum atomic E-state index is 13.3. The van der Waals surface area contributed by atoms with Gasteiger partial charge >= 0.3 is 0 Å². The second kappa shape index (κ2) is 12.4. The van der Waals surface area contributed by atoms with Gasteiger partial charge in [0.1, 0.15) is 5.70 Å². The summed E-state index contributed by atoms with van der Waals surface area (Å²) in [5.74, 6) is 0.496. The number of hydrogen-bond acceptors (Lipinski definition) is 6. The Morgan fingerprint density at radius 3 is 2.45 bits per heavy atom. The zero-order chi connectivity index (χ0) is 27.9. The number of anilines is 1. The van der Waals surface area contributed by atoms with E-state index in [9.17, 15) is 14.4 Å². The van der Waals surface area contributed by atoms with Crippen molar-refractivity contribution < 1.29 is 23.9 Å². The van der Waals surface area contributed by atoms with Crippen LogP contribution in [0.5, 0.6) is 11.5 Å². The lowest BCUT2D eigenvalue weighted by molar-refractivity contribution is -0.113. The van der Waals surface area contributed by atoms with E-state index in [-0.39, 0.29) is 29.9 Å². The number of rotatable bonds is 9. The van der Waals surface area contributed by atoms with Crippen LogP contribution < -0.4 is 20.1 Å². The average Bonchev–Trinajstić information content (AvgIpc) is 3.44. The van der Waals surface area contributed by atoms with Gasteiger partial charge in [0.25, 0.3) is 11.8 Å². The van der Waals surface area contributed by atoms with E-state index in [1.807, 2.05) is 43.3 Å². The standard InChI is InChI=1S/C32H26N2O5S/c1-21-7-5-8-22(15-21)16-27(34-31(36)23-9-3-2-4-10-23)32(37)33-25-11-6-12-26(18-25)40-19-28(35)24-13-14-29-30(17-24)39-20-38-29/h2-18H,19-20H2,1H3,(H,33,37)(H,34,36)/b27-16-. The van der Waals surface area contributed by atoms with Crippen molar-refractivity contribution in [2.45, 2.75) is 11.8 Å². The normalized spacial score (nSPS) is 12.1. The Morgan fingerprint density at radius 2 is 1.62 bits per heavy atom. The summed E-state index contributed by atoms with van der Waals surface area (Å²) < 4.78 is 10.7. The number of thioether (sulfide) groups is 1. The summed E-state index contributed by atoms with van der Waals surface area (Å²) in [6.07, 6.45) is 1.64. The van der Waals surface area contributed by atoms with Gasteiger partial charge in [-0.1, -0.05) is 54.1 Å². The van der Waals surface area contributed by atoms with Crippen LogP contribution in [0.3, 0.4) is 0 Å². The van der Waals surface area contributed by atoms with Crippen LogP contribution in [0.15, 0.2) is 108 Å². The number of carbonyl (C=O) groups is 3. The van der Waals surface area contributed by atoms with Gasteiger partial charge in [-0.05, 0) is 67.1 Å². The Balaban J connectivity index is 1.28. The molecule has 0 radical (unpaired) electrons. The number of aryl methyl sites for hydroxylation is 1. The Morgan fingerprint density at radius 1 is 0.825 bits per heavy atom. The van der Waals surface area contributed by atoms with E-state index in [4.69, 9.17) is 9.47 Å². The number of amides is 2. The molecule has 0 bridgehead atoms. The van der Waals surface area contributed by atoms with Gasteiger partial charge in [0.15, 0.2) is 17.3 Å². The molecule has 2 amide bonds. The second-order valence-corrected chi connectivity index (χ2v) is 10.1. The summed E-state index contributed by atoms with van der Waals surface area (Å²) in [6.45, 7) is 2.11. The maximum Gasteiger partial charge on any atom is 0.272 e. The molecule has 0 saturated carbocycles. The summed E-state index contributed by atoms with van der Waals surface area (Å²) in [5, 5.41) is 5.62. The molecule has 0 atom stereocenters. The Kier molecular flexibility index (Phi) is 8.27. The number of ketones is 1. The van der Waals surface area contributed by atoms with E-state index >= 15 is 0 Å². The third-order valence-corrected chi connectivity index (χ3v) is 7.03. The monoisotopic (exact) mass is 550 g/mol. The van der Waals surface area contributed by atoms with Crippen molar-refractivity contribution in [3.05, 3.63) is 125 Å². The first-order chi connectivity index (χ1) is 19.4. The molecule has 7 nitrogen and oxygen atoms in total. The van der Waals surface area contributed by atoms with Crippen LogP contribution in [-0.2, 0) is 4.79 Å². The molecule has 1 aliphatic rings. The van der Waals surface area contributed by atoms with Gasteiger partial charge in [-0.2, -0.15) is 0 Å². The van der Waals surface area contributed by atoms with Crippen LogP contribution in [0.25, 0.3) is 6.08 Å². The largest absolute Gasteiger partial charge is 0.454 e. The van der Waals surface area contributed by atoms with Crippen LogP contribution in [0.4, 0.5) is 5.69 Å². The fourth-order valence-corrected chi connectivity index (χ4v) is 4.88. The molecule has 4 aromatic carbocycles. The minimum Gasteiger partial charge on any atom is -0.454 e. The molecule has 0 unspecified atom stereocenters. The first-order valence-corrected chi connectivity index (χ1v) is 13.5. The zero-order valence-corrected chi connectivity index (χ0v) is 22.5. The first-order valence-electron chi connectivity index (χ1n) is 12.6. The van der Waals surface area contributed by atoms with Gasteiger partial charge in [0, 0.05) is 21.7 Å². The third-order valence-electron chi connectivity index (χ3n) is 6.04. The fourth-order valence-electron chi connectivity index (χ4n) is 4.03. The van der Waals surface area contributed by atoms with E-state index in [2.05, 4.69) is 10.6 Å². The van der Waals surface area contributed by atoms with Crippen molar-refractivity contribution in [2.75, 3.05) is 17.9 Å².